The van der Waals surface area contributed by atoms with Crippen LogP contribution in [0.25, 0.3) is 0 Å². The highest BCUT2D eigenvalue weighted by atomic mass is 32.2. The van der Waals surface area contributed by atoms with Crippen LogP contribution in [-0.4, -0.2) is 69.3 Å². The monoisotopic (exact) mass is 530 g/mol. The SMILES string of the molecule is CCC(C(=O)NC1CCCC1)N(Cc1ccc(OC)cc1)C(=O)CN(c1ccccc1)S(=O)(=O)N(C)C. The maximum absolute atomic E-state index is 13.9. The van der Waals surface area contributed by atoms with Crippen LogP contribution < -0.4 is 14.4 Å². The molecule has 1 aliphatic rings. The number of rotatable bonds is 12. The van der Waals surface area contributed by atoms with Gasteiger partial charge in [0.25, 0.3) is 0 Å². The van der Waals surface area contributed by atoms with Crippen LogP contribution in [0.2, 0.25) is 0 Å². The number of amides is 2. The Hall–Kier alpha value is -3.11. The molecule has 1 fully saturated rings. The third-order valence-electron chi connectivity index (χ3n) is 6.66. The number of anilines is 1. The van der Waals surface area contributed by atoms with Crippen LogP contribution in [0.15, 0.2) is 54.6 Å². The summed E-state index contributed by atoms with van der Waals surface area (Å²) in [5, 5.41) is 3.11. The molecular formula is C27H38N4O5S. The standard InChI is InChI=1S/C27H38N4O5S/c1-5-25(27(33)28-22-11-9-10-12-22)30(19-21-15-17-24(36-4)18-16-21)26(32)20-31(37(34,35)29(2)3)23-13-7-6-8-14-23/h6-8,13-18,22,25H,5,9-12,19-20H2,1-4H3,(H,28,33). The summed E-state index contributed by atoms with van der Waals surface area (Å²) in [6.45, 7) is 1.58. The summed E-state index contributed by atoms with van der Waals surface area (Å²) in [5.41, 5.74) is 1.18. The Morgan fingerprint density at radius 2 is 1.65 bits per heavy atom. The third-order valence-corrected chi connectivity index (χ3v) is 8.48. The Kier molecular flexibility index (Phi) is 9.93. The van der Waals surface area contributed by atoms with Gasteiger partial charge in [0.05, 0.1) is 12.8 Å². The Morgan fingerprint density at radius 1 is 1.03 bits per heavy atom. The number of benzene rings is 2. The van der Waals surface area contributed by atoms with Crippen molar-refractivity contribution in [3.63, 3.8) is 0 Å². The van der Waals surface area contributed by atoms with Gasteiger partial charge in [-0.15, -0.1) is 0 Å². The summed E-state index contributed by atoms with van der Waals surface area (Å²) in [6.07, 6.45) is 4.40. The van der Waals surface area contributed by atoms with Crippen molar-refractivity contribution in [1.82, 2.24) is 14.5 Å². The van der Waals surface area contributed by atoms with Crippen molar-refractivity contribution in [2.45, 2.75) is 57.7 Å². The fourth-order valence-electron chi connectivity index (χ4n) is 4.53. The Morgan fingerprint density at radius 3 is 2.19 bits per heavy atom. The van der Waals surface area contributed by atoms with Gasteiger partial charge in [0, 0.05) is 26.7 Å². The molecule has 3 rings (SSSR count). The van der Waals surface area contributed by atoms with Crippen molar-refractivity contribution < 1.29 is 22.7 Å². The van der Waals surface area contributed by atoms with Crippen LogP contribution in [-0.2, 0) is 26.3 Å². The largest absolute Gasteiger partial charge is 0.497 e. The lowest BCUT2D eigenvalue weighted by Crippen LogP contribution is -2.54. The van der Waals surface area contributed by atoms with Crippen LogP contribution in [0.5, 0.6) is 5.75 Å². The molecule has 1 N–H and O–H groups in total. The molecule has 0 bridgehead atoms. The average molecular weight is 531 g/mol. The second-order valence-corrected chi connectivity index (χ2v) is 11.5. The molecule has 2 aromatic rings. The van der Waals surface area contributed by atoms with Gasteiger partial charge < -0.3 is 15.0 Å². The van der Waals surface area contributed by atoms with Crippen LogP contribution in [0.3, 0.4) is 0 Å². The topological polar surface area (TPSA) is 99.3 Å². The number of para-hydroxylation sites is 1. The van der Waals surface area contributed by atoms with E-state index in [-0.39, 0.29) is 18.5 Å². The molecule has 1 aliphatic carbocycles. The summed E-state index contributed by atoms with van der Waals surface area (Å²) in [7, 11) is 0.457. The van der Waals surface area contributed by atoms with E-state index in [1.807, 2.05) is 19.1 Å². The number of carbonyl (C=O) groups is 2. The van der Waals surface area contributed by atoms with Gasteiger partial charge >= 0.3 is 10.2 Å². The number of nitrogens with zero attached hydrogens (tertiary/aromatic N) is 3. The van der Waals surface area contributed by atoms with E-state index < -0.39 is 28.7 Å². The van der Waals surface area contributed by atoms with Crippen molar-refractivity contribution >= 4 is 27.7 Å². The summed E-state index contributed by atoms with van der Waals surface area (Å²) in [6, 6.07) is 15.1. The van der Waals surface area contributed by atoms with Gasteiger partial charge in [0.1, 0.15) is 18.3 Å². The lowest BCUT2D eigenvalue weighted by atomic mass is 10.1. The molecule has 0 radical (unpaired) electrons. The summed E-state index contributed by atoms with van der Waals surface area (Å²) in [4.78, 5) is 28.7. The minimum atomic E-state index is -3.97. The van der Waals surface area contributed by atoms with Gasteiger partial charge in [0.15, 0.2) is 0 Å². The normalized spacial score (nSPS) is 14.8. The predicted octanol–water partition coefficient (Wildman–Crippen LogP) is 3.17. The van der Waals surface area contributed by atoms with E-state index in [1.54, 1.807) is 49.6 Å². The molecule has 0 aliphatic heterocycles. The minimum absolute atomic E-state index is 0.106. The molecule has 1 saturated carbocycles. The molecule has 1 unspecified atom stereocenters. The summed E-state index contributed by atoms with van der Waals surface area (Å²) in [5.74, 6) is 0.0106. The van der Waals surface area contributed by atoms with E-state index in [0.717, 1.165) is 39.9 Å². The lowest BCUT2D eigenvalue weighted by Gasteiger charge is -2.34. The van der Waals surface area contributed by atoms with Crippen molar-refractivity contribution in [2.75, 3.05) is 32.1 Å². The van der Waals surface area contributed by atoms with Crippen molar-refractivity contribution in [2.24, 2.45) is 0 Å². The van der Waals surface area contributed by atoms with Gasteiger partial charge in [-0.3, -0.25) is 9.59 Å². The van der Waals surface area contributed by atoms with Crippen LogP contribution in [0, 0.1) is 0 Å². The zero-order valence-electron chi connectivity index (χ0n) is 22.1. The fourth-order valence-corrected chi connectivity index (χ4v) is 5.58. The maximum Gasteiger partial charge on any atom is 0.304 e. The molecule has 0 spiro atoms. The Bertz CT molecular complexity index is 1130. The second kappa shape index (κ2) is 12.9. The van der Waals surface area contributed by atoms with E-state index >= 15 is 0 Å². The van der Waals surface area contributed by atoms with Gasteiger partial charge in [0.2, 0.25) is 11.8 Å². The molecule has 9 nitrogen and oxygen atoms in total. The third kappa shape index (κ3) is 7.23. The molecule has 37 heavy (non-hydrogen) atoms. The second-order valence-electron chi connectivity index (χ2n) is 9.42. The molecule has 2 aromatic carbocycles. The molecule has 0 saturated heterocycles. The van der Waals surface area contributed by atoms with E-state index in [1.165, 1.54) is 19.0 Å². The number of ether oxygens (including phenoxy) is 1. The number of methoxy groups -OCH3 is 1. The summed E-state index contributed by atoms with van der Waals surface area (Å²) < 4.78 is 33.8. The number of hydrogen-bond donors (Lipinski definition) is 1. The first-order chi connectivity index (χ1) is 17.7. The van der Waals surface area contributed by atoms with E-state index in [2.05, 4.69) is 5.32 Å². The smallest absolute Gasteiger partial charge is 0.304 e. The predicted molar refractivity (Wildman–Crippen MR) is 144 cm³/mol. The number of nitrogens with one attached hydrogen (secondary N) is 1. The first-order valence-electron chi connectivity index (χ1n) is 12.6. The Labute approximate surface area is 220 Å². The highest BCUT2D eigenvalue weighted by molar-refractivity contribution is 7.90. The van der Waals surface area contributed by atoms with Gasteiger partial charge in [-0.25, -0.2) is 4.31 Å². The molecule has 10 heteroatoms. The van der Waals surface area contributed by atoms with Gasteiger partial charge in [-0.1, -0.05) is 50.1 Å². The highest BCUT2D eigenvalue weighted by Crippen LogP contribution is 2.23. The van der Waals surface area contributed by atoms with Crippen molar-refractivity contribution in [3.05, 3.63) is 60.2 Å². The molecule has 1 atom stereocenters. The van der Waals surface area contributed by atoms with Gasteiger partial charge in [-0.2, -0.15) is 12.7 Å². The van der Waals surface area contributed by atoms with E-state index in [4.69, 9.17) is 4.74 Å². The number of hydrogen-bond acceptors (Lipinski definition) is 5. The number of carbonyl (C=O) groups excluding carboxylic acids is 2. The minimum Gasteiger partial charge on any atom is -0.497 e. The quantitative estimate of drug-likeness (QED) is 0.455. The van der Waals surface area contributed by atoms with Gasteiger partial charge in [-0.05, 0) is 49.1 Å². The zero-order valence-corrected chi connectivity index (χ0v) is 22.9. The highest BCUT2D eigenvalue weighted by Gasteiger charge is 2.34. The van der Waals surface area contributed by atoms with Crippen LogP contribution >= 0.6 is 0 Å². The van der Waals surface area contributed by atoms with Crippen LogP contribution in [0.4, 0.5) is 5.69 Å². The molecule has 202 valence electrons. The average Bonchev–Trinajstić information content (AvgIpc) is 3.40. The first-order valence-corrected chi connectivity index (χ1v) is 14.0. The molecule has 0 aromatic heterocycles. The fraction of sp³-hybridized carbons (Fsp3) is 0.481. The zero-order chi connectivity index (χ0) is 27.0. The lowest BCUT2D eigenvalue weighted by molar-refractivity contribution is -0.140. The van der Waals surface area contributed by atoms with Crippen LogP contribution in [0.1, 0.15) is 44.6 Å². The van der Waals surface area contributed by atoms with Crippen molar-refractivity contribution in [1.29, 1.82) is 0 Å². The van der Waals surface area contributed by atoms with E-state index in [9.17, 15) is 18.0 Å². The maximum atomic E-state index is 13.9. The molecular weight excluding hydrogens is 492 g/mol. The summed E-state index contributed by atoms with van der Waals surface area (Å²) >= 11 is 0. The van der Waals surface area contributed by atoms with Crippen molar-refractivity contribution in [3.8, 4) is 5.75 Å². The first kappa shape index (κ1) is 28.5. The molecule has 0 heterocycles. The van der Waals surface area contributed by atoms with E-state index in [0.29, 0.717) is 17.9 Å². The molecule has 2 amide bonds. The Balaban J connectivity index is 1.94.